The van der Waals surface area contributed by atoms with Gasteiger partial charge in [0.25, 0.3) is 0 Å². The van der Waals surface area contributed by atoms with Crippen LogP contribution in [0.2, 0.25) is 0 Å². The topological polar surface area (TPSA) is 72.5 Å². The third-order valence-corrected chi connectivity index (χ3v) is 6.73. The maximum atomic E-state index is 12.4. The molecule has 2 aromatic rings. The van der Waals surface area contributed by atoms with Gasteiger partial charge in [0, 0.05) is 58.2 Å². The molecule has 0 aliphatic heterocycles. The number of hydrogen-bond acceptors (Lipinski definition) is 7. The molecule has 1 atom stereocenters. The fraction of sp³-hybridized carbons (Fsp3) is 0.467. The summed E-state index contributed by atoms with van der Waals surface area (Å²) >= 11 is 7.16. The molecule has 0 aliphatic rings. The standard InChI is InChI=1S/C15H19NO4S4.Na/c1-15(2,3)20-14(18)16-5-7-24(19)8-9-11(17)12-10(4-6-22-12)23-13(9)21;/h4,6,21H,5,7-8H2,1-3H3,(H,16,18);. The van der Waals surface area contributed by atoms with E-state index in [0.717, 1.165) is 4.70 Å². The van der Waals surface area contributed by atoms with Crippen molar-refractivity contribution in [1.82, 2.24) is 5.32 Å². The van der Waals surface area contributed by atoms with Crippen LogP contribution in [0.15, 0.2) is 20.5 Å². The van der Waals surface area contributed by atoms with Crippen molar-refractivity contribution >= 4 is 91.2 Å². The molecule has 25 heavy (non-hydrogen) atoms. The summed E-state index contributed by atoms with van der Waals surface area (Å²) in [6, 6.07) is 1.89. The fourth-order valence-electron chi connectivity index (χ4n) is 1.88. The molecule has 0 bridgehead atoms. The Labute approximate surface area is 184 Å². The van der Waals surface area contributed by atoms with Crippen molar-refractivity contribution in [2.45, 2.75) is 36.3 Å². The SMILES string of the molecule is CC(C)(C)OC(=O)NCCS(=O)Cc1c(S)sc2ccsc2c1=O.[Na]. The van der Waals surface area contributed by atoms with E-state index >= 15 is 0 Å². The second-order valence-electron chi connectivity index (χ2n) is 6.05. The third kappa shape index (κ3) is 6.97. The molecule has 2 rings (SSSR count). The Balaban J connectivity index is 0.00000312. The Kier molecular flexibility index (Phi) is 9.13. The van der Waals surface area contributed by atoms with Crippen molar-refractivity contribution in [2.24, 2.45) is 0 Å². The minimum absolute atomic E-state index is 0. The zero-order valence-electron chi connectivity index (χ0n) is 14.6. The molecule has 0 aromatic carbocycles. The molecule has 0 saturated carbocycles. The first-order valence-electron chi connectivity index (χ1n) is 7.21. The molecule has 0 aliphatic carbocycles. The van der Waals surface area contributed by atoms with E-state index in [2.05, 4.69) is 17.9 Å². The first kappa shape index (κ1) is 23.1. The maximum Gasteiger partial charge on any atom is 0.407 e. The van der Waals surface area contributed by atoms with Crippen molar-refractivity contribution in [2.75, 3.05) is 12.3 Å². The van der Waals surface area contributed by atoms with E-state index in [9.17, 15) is 13.8 Å². The molecule has 133 valence electrons. The summed E-state index contributed by atoms with van der Waals surface area (Å²) < 4.78 is 19.5. The number of carbonyl (C=O) groups excluding carboxylic acids is 1. The molecular formula is C15H19NNaO4S4. The Morgan fingerprint density at radius 2 is 2.08 bits per heavy atom. The van der Waals surface area contributed by atoms with E-state index < -0.39 is 22.5 Å². The van der Waals surface area contributed by atoms with Crippen LogP contribution in [-0.2, 0) is 21.3 Å². The molecule has 0 saturated heterocycles. The minimum Gasteiger partial charge on any atom is -0.444 e. The van der Waals surface area contributed by atoms with Crippen molar-refractivity contribution in [3.63, 3.8) is 0 Å². The second kappa shape index (κ2) is 9.87. The molecular weight excluding hydrogens is 409 g/mol. The summed E-state index contributed by atoms with van der Waals surface area (Å²) in [5, 5.41) is 4.43. The van der Waals surface area contributed by atoms with Crippen LogP contribution < -0.4 is 10.7 Å². The second-order valence-corrected chi connectivity index (χ2v) is 10.3. The van der Waals surface area contributed by atoms with Gasteiger partial charge in [-0.15, -0.1) is 35.3 Å². The van der Waals surface area contributed by atoms with Crippen molar-refractivity contribution in [3.8, 4) is 0 Å². The van der Waals surface area contributed by atoms with Crippen molar-refractivity contribution < 1.29 is 13.7 Å². The molecule has 1 N–H and O–H groups in total. The largest absolute Gasteiger partial charge is 0.444 e. The average molecular weight is 429 g/mol. The summed E-state index contributed by atoms with van der Waals surface area (Å²) in [6.07, 6.45) is -0.541. The van der Waals surface area contributed by atoms with Gasteiger partial charge < -0.3 is 10.1 Å². The van der Waals surface area contributed by atoms with Gasteiger partial charge in [0.15, 0.2) is 0 Å². The van der Waals surface area contributed by atoms with Gasteiger partial charge in [0.1, 0.15) is 5.60 Å². The number of fused-ring (bicyclic) bond motifs is 1. The maximum absolute atomic E-state index is 12.4. The number of thiophene rings is 1. The molecule has 0 spiro atoms. The number of hydrogen-bond donors (Lipinski definition) is 2. The first-order chi connectivity index (χ1) is 11.2. The molecule has 10 heteroatoms. The van der Waals surface area contributed by atoms with Crippen molar-refractivity contribution in [3.05, 3.63) is 27.2 Å². The van der Waals surface area contributed by atoms with Gasteiger partial charge in [0.05, 0.1) is 19.4 Å². The number of nitrogens with one attached hydrogen (secondary N) is 1. The van der Waals surface area contributed by atoms with Crippen LogP contribution in [0.1, 0.15) is 26.3 Å². The number of ether oxygens (including phenoxy) is 1. The van der Waals surface area contributed by atoms with E-state index in [4.69, 9.17) is 4.74 Å². The quantitative estimate of drug-likeness (QED) is 0.567. The summed E-state index contributed by atoms with van der Waals surface area (Å²) in [4.78, 5) is 24.0. The number of amides is 1. The molecule has 1 unspecified atom stereocenters. The van der Waals surface area contributed by atoms with Gasteiger partial charge >= 0.3 is 6.09 Å². The van der Waals surface area contributed by atoms with E-state index in [1.54, 1.807) is 20.8 Å². The van der Waals surface area contributed by atoms with Gasteiger partial charge in [-0.2, -0.15) is 0 Å². The monoisotopic (exact) mass is 428 g/mol. The predicted molar refractivity (Wildman–Crippen MR) is 110 cm³/mol. The molecule has 2 aromatic heterocycles. The molecule has 1 radical (unpaired) electrons. The Hall–Kier alpha value is 0.1000. The van der Waals surface area contributed by atoms with Crippen LogP contribution in [0.5, 0.6) is 0 Å². The molecule has 0 fully saturated rings. The van der Waals surface area contributed by atoms with E-state index in [0.29, 0.717) is 14.5 Å². The first-order valence-corrected chi connectivity index (χ1v) is 10.8. The van der Waals surface area contributed by atoms with E-state index in [-0.39, 0.29) is 53.0 Å². The summed E-state index contributed by atoms with van der Waals surface area (Å²) in [6.45, 7) is 5.55. The number of alkyl carbamates (subject to hydrolysis) is 1. The van der Waals surface area contributed by atoms with Crippen LogP contribution in [0.4, 0.5) is 4.79 Å². The summed E-state index contributed by atoms with van der Waals surface area (Å²) in [5.41, 5.74) is -0.190. The number of thiol groups is 1. The number of rotatable bonds is 5. The van der Waals surface area contributed by atoms with Gasteiger partial charge in [-0.3, -0.25) is 9.00 Å². The molecule has 2 heterocycles. The summed E-state index contributed by atoms with van der Waals surface area (Å²) in [5.74, 6) is 0.386. The fourth-order valence-corrected chi connectivity index (χ4v) is 5.56. The molecule has 5 nitrogen and oxygen atoms in total. The minimum atomic E-state index is -1.27. The normalized spacial score (nSPS) is 12.5. The van der Waals surface area contributed by atoms with Crippen molar-refractivity contribution in [1.29, 1.82) is 0 Å². The van der Waals surface area contributed by atoms with E-state index in [1.807, 2.05) is 11.4 Å². The number of carbonyl (C=O) groups is 1. The van der Waals surface area contributed by atoms with Crippen LogP contribution >= 0.6 is 35.3 Å². The van der Waals surface area contributed by atoms with Crippen LogP contribution in [0.25, 0.3) is 9.40 Å². The smallest absolute Gasteiger partial charge is 0.407 e. The zero-order valence-corrected chi connectivity index (χ0v) is 19.9. The van der Waals surface area contributed by atoms with Gasteiger partial charge in [-0.25, -0.2) is 4.79 Å². The van der Waals surface area contributed by atoms with Gasteiger partial charge in [-0.1, -0.05) is 0 Å². The Bertz CT molecular complexity index is 825. The van der Waals surface area contributed by atoms with Gasteiger partial charge in [0.2, 0.25) is 5.43 Å². The Morgan fingerprint density at radius 1 is 1.40 bits per heavy atom. The Morgan fingerprint density at radius 3 is 2.72 bits per heavy atom. The van der Waals surface area contributed by atoms with Crippen LogP contribution in [-0.4, -0.2) is 57.8 Å². The predicted octanol–water partition coefficient (Wildman–Crippen LogP) is 3.00. The van der Waals surface area contributed by atoms with Crippen LogP contribution in [0.3, 0.4) is 0 Å². The third-order valence-electron chi connectivity index (χ3n) is 2.88. The molecule has 1 amide bonds. The van der Waals surface area contributed by atoms with E-state index in [1.165, 1.54) is 22.7 Å². The summed E-state index contributed by atoms with van der Waals surface area (Å²) in [7, 11) is -1.27. The average Bonchev–Trinajstić information content (AvgIpc) is 2.89. The zero-order chi connectivity index (χ0) is 17.9. The van der Waals surface area contributed by atoms with Crippen LogP contribution in [0, 0.1) is 0 Å². The van der Waals surface area contributed by atoms with Gasteiger partial charge in [-0.05, 0) is 32.2 Å².